The third-order valence-corrected chi connectivity index (χ3v) is 1.21. The fourth-order valence-electron chi connectivity index (χ4n) is 0.604. The van der Waals surface area contributed by atoms with E-state index in [1.54, 1.807) is 0 Å². The SMILES string of the molecule is NCc1ncc(B(O)O)cn1. The number of aromatic nitrogens is 2. The van der Waals surface area contributed by atoms with E-state index in [0.29, 0.717) is 5.82 Å². The molecule has 0 aliphatic rings. The highest BCUT2D eigenvalue weighted by Crippen LogP contribution is 1.82. The Hall–Kier alpha value is -0.975. The molecule has 0 aliphatic heterocycles. The lowest BCUT2D eigenvalue weighted by Crippen LogP contribution is -2.31. The molecule has 1 aromatic heterocycles. The van der Waals surface area contributed by atoms with Gasteiger partial charge in [-0.3, -0.25) is 0 Å². The van der Waals surface area contributed by atoms with Crippen LogP contribution in [0.3, 0.4) is 0 Å². The first-order valence-electron chi connectivity index (χ1n) is 3.11. The van der Waals surface area contributed by atoms with Crippen LogP contribution < -0.4 is 11.2 Å². The molecule has 0 unspecified atom stereocenters. The zero-order valence-corrected chi connectivity index (χ0v) is 5.81. The Morgan fingerprint density at radius 3 is 2.27 bits per heavy atom. The molecular formula is C5H8BN3O2. The lowest BCUT2D eigenvalue weighted by molar-refractivity contribution is 0.425. The van der Waals surface area contributed by atoms with Crippen LogP contribution in [-0.4, -0.2) is 27.1 Å². The van der Waals surface area contributed by atoms with Crippen LogP contribution in [0.5, 0.6) is 0 Å². The van der Waals surface area contributed by atoms with Crippen LogP contribution in [-0.2, 0) is 6.54 Å². The van der Waals surface area contributed by atoms with Crippen molar-refractivity contribution in [3.8, 4) is 0 Å². The zero-order chi connectivity index (χ0) is 8.27. The van der Waals surface area contributed by atoms with E-state index in [2.05, 4.69) is 9.97 Å². The van der Waals surface area contributed by atoms with E-state index < -0.39 is 7.12 Å². The Bertz CT molecular complexity index is 226. The average molecular weight is 153 g/mol. The molecule has 1 aromatic rings. The maximum absolute atomic E-state index is 8.63. The van der Waals surface area contributed by atoms with Gasteiger partial charge in [-0.25, -0.2) is 9.97 Å². The molecule has 0 saturated carbocycles. The largest absolute Gasteiger partial charge is 0.491 e. The van der Waals surface area contributed by atoms with Crippen LogP contribution in [0.15, 0.2) is 12.4 Å². The molecule has 0 amide bonds. The molecule has 0 radical (unpaired) electrons. The van der Waals surface area contributed by atoms with Crippen molar-refractivity contribution >= 4 is 12.6 Å². The van der Waals surface area contributed by atoms with Crippen LogP contribution in [0.25, 0.3) is 0 Å². The summed E-state index contributed by atoms with van der Waals surface area (Å²) in [7, 11) is -1.51. The predicted octanol–water partition coefficient (Wildman–Crippen LogP) is -2.38. The molecule has 58 valence electrons. The van der Waals surface area contributed by atoms with Crippen LogP contribution in [0.4, 0.5) is 0 Å². The summed E-state index contributed by atoms with van der Waals surface area (Å²) in [5.41, 5.74) is 5.49. The number of hydrogen-bond donors (Lipinski definition) is 3. The zero-order valence-electron chi connectivity index (χ0n) is 5.81. The standard InChI is InChI=1S/C5H8BN3O2/c7-1-5-8-2-4(3-9-5)6(10)11/h2-3,10-11H,1,7H2. The maximum atomic E-state index is 8.63. The molecule has 0 saturated heterocycles. The van der Waals surface area contributed by atoms with E-state index in [0.717, 1.165) is 0 Å². The summed E-state index contributed by atoms with van der Waals surface area (Å²) in [5.74, 6) is 0.481. The average Bonchev–Trinajstić information content (AvgIpc) is 2.05. The normalized spacial score (nSPS) is 9.73. The second-order valence-corrected chi connectivity index (χ2v) is 2.01. The summed E-state index contributed by atoms with van der Waals surface area (Å²) < 4.78 is 0. The predicted molar refractivity (Wildman–Crippen MR) is 39.7 cm³/mol. The first kappa shape index (κ1) is 8.12. The second-order valence-electron chi connectivity index (χ2n) is 2.01. The Labute approximate surface area is 64.1 Å². The molecule has 0 fully saturated rings. The van der Waals surface area contributed by atoms with Crippen molar-refractivity contribution in [1.82, 2.24) is 9.97 Å². The van der Waals surface area contributed by atoms with Gasteiger partial charge in [0.05, 0.1) is 6.54 Å². The van der Waals surface area contributed by atoms with Gasteiger partial charge in [0.1, 0.15) is 5.82 Å². The van der Waals surface area contributed by atoms with E-state index in [4.69, 9.17) is 15.8 Å². The highest BCUT2D eigenvalue weighted by Gasteiger charge is 2.10. The highest BCUT2D eigenvalue weighted by molar-refractivity contribution is 6.58. The van der Waals surface area contributed by atoms with Crippen molar-refractivity contribution in [2.24, 2.45) is 5.73 Å². The summed E-state index contributed by atoms with van der Waals surface area (Å²) in [6.45, 7) is 0.252. The van der Waals surface area contributed by atoms with Gasteiger partial charge in [-0.05, 0) is 0 Å². The van der Waals surface area contributed by atoms with Gasteiger partial charge in [0, 0.05) is 17.9 Å². The monoisotopic (exact) mass is 153 g/mol. The minimum Gasteiger partial charge on any atom is -0.423 e. The summed E-state index contributed by atoms with van der Waals surface area (Å²) in [6.07, 6.45) is 2.67. The van der Waals surface area contributed by atoms with Gasteiger partial charge in [0.15, 0.2) is 0 Å². The molecule has 0 aliphatic carbocycles. The summed E-state index contributed by atoms with van der Waals surface area (Å²) in [6, 6.07) is 0. The molecule has 0 spiro atoms. The van der Waals surface area contributed by atoms with Crippen molar-refractivity contribution in [3.05, 3.63) is 18.2 Å². The molecule has 0 atom stereocenters. The summed E-state index contributed by atoms with van der Waals surface area (Å²) >= 11 is 0. The Balaban J connectivity index is 2.83. The van der Waals surface area contributed by atoms with Crippen molar-refractivity contribution in [3.63, 3.8) is 0 Å². The van der Waals surface area contributed by atoms with Crippen LogP contribution in [0.2, 0.25) is 0 Å². The fourth-order valence-corrected chi connectivity index (χ4v) is 0.604. The second kappa shape index (κ2) is 3.43. The van der Waals surface area contributed by atoms with Gasteiger partial charge < -0.3 is 15.8 Å². The van der Waals surface area contributed by atoms with E-state index >= 15 is 0 Å². The number of nitrogens with zero attached hydrogens (tertiary/aromatic N) is 2. The Morgan fingerprint density at radius 2 is 1.91 bits per heavy atom. The lowest BCUT2D eigenvalue weighted by atomic mass is 9.83. The molecule has 4 N–H and O–H groups in total. The molecule has 0 bridgehead atoms. The highest BCUT2D eigenvalue weighted by atomic mass is 16.4. The van der Waals surface area contributed by atoms with Gasteiger partial charge in [0.25, 0.3) is 0 Å². The first-order chi connectivity index (χ1) is 5.24. The van der Waals surface area contributed by atoms with Crippen LogP contribution in [0.1, 0.15) is 5.82 Å². The van der Waals surface area contributed by atoms with E-state index in [1.807, 2.05) is 0 Å². The molecule has 11 heavy (non-hydrogen) atoms. The van der Waals surface area contributed by atoms with Crippen molar-refractivity contribution in [2.75, 3.05) is 0 Å². The van der Waals surface area contributed by atoms with Gasteiger partial charge in [-0.15, -0.1) is 0 Å². The number of rotatable bonds is 2. The summed E-state index contributed by atoms with van der Waals surface area (Å²) in [4.78, 5) is 7.52. The van der Waals surface area contributed by atoms with Crippen molar-refractivity contribution in [1.29, 1.82) is 0 Å². The Kier molecular flexibility index (Phi) is 2.53. The quantitative estimate of drug-likeness (QED) is 0.412. The lowest BCUT2D eigenvalue weighted by Gasteiger charge is -1.97. The third kappa shape index (κ3) is 1.97. The molecule has 6 heteroatoms. The van der Waals surface area contributed by atoms with Crippen LogP contribution >= 0.6 is 0 Å². The van der Waals surface area contributed by atoms with Crippen molar-refractivity contribution in [2.45, 2.75) is 6.54 Å². The molecule has 1 rings (SSSR count). The molecule has 1 heterocycles. The van der Waals surface area contributed by atoms with Gasteiger partial charge in [-0.2, -0.15) is 0 Å². The van der Waals surface area contributed by atoms with Crippen LogP contribution in [0, 0.1) is 0 Å². The molecule has 5 nitrogen and oxygen atoms in total. The minimum absolute atomic E-state index is 0.252. The molecular weight excluding hydrogens is 145 g/mol. The first-order valence-corrected chi connectivity index (χ1v) is 3.11. The maximum Gasteiger partial charge on any atom is 0.491 e. The van der Waals surface area contributed by atoms with E-state index in [-0.39, 0.29) is 12.0 Å². The van der Waals surface area contributed by atoms with Crippen molar-refractivity contribution < 1.29 is 10.0 Å². The smallest absolute Gasteiger partial charge is 0.423 e. The van der Waals surface area contributed by atoms with Gasteiger partial charge >= 0.3 is 7.12 Å². The van der Waals surface area contributed by atoms with Gasteiger partial charge in [-0.1, -0.05) is 0 Å². The van der Waals surface area contributed by atoms with E-state index in [9.17, 15) is 0 Å². The fraction of sp³-hybridized carbons (Fsp3) is 0.200. The minimum atomic E-state index is -1.51. The Morgan fingerprint density at radius 1 is 1.36 bits per heavy atom. The molecule has 0 aromatic carbocycles. The number of hydrogen-bond acceptors (Lipinski definition) is 5. The van der Waals surface area contributed by atoms with E-state index in [1.165, 1.54) is 12.4 Å². The number of nitrogens with two attached hydrogens (primary N) is 1. The third-order valence-electron chi connectivity index (χ3n) is 1.21. The summed E-state index contributed by atoms with van der Waals surface area (Å²) in [5, 5.41) is 17.3. The topological polar surface area (TPSA) is 92.3 Å². The van der Waals surface area contributed by atoms with Gasteiger partial charge in [0.2, 0.25) is 0 Å².